The first kappa shape index (κ1) is 16.4. The van der Waals surface area contributed by atoms with Crippen molar-refractivity contribution in [2.24, 2.45) is 0 Å². The van der Waals surface area contributed by atoms with Gasteiger partial charge in [0.05, 0.1) is 17.7 Å². The first-order valence-electron chi connectivity index (χ1n) is 5.91. The van der Waals surface area contributed by atoms with Crippen molar-refractivity contribution in [3.63, 3.8) is 0 Å². The maximum atomic E-state index is 13.6. The van der Waals surface area contributed by atoms with E-state index in [0.717, 1.165) is 17.0 Å². The molecule has 0 bridgehead atoms. The normalized spacial score (nSPS) is 18.6. The van der Waals surface area contributed by atoms with Crippen LogP contribution in [-0.4, -0.2) is 38.2 Å². The first-order chi connectivity index (χ1) is 10.1. The lowest BCUT2D eigenvalue weighted by molar-refractivity contribution is -0.387. The van der Waals surface area contributed by atoms with Gasteiger partial charge in [-0.25, -0.2) is 8.42 Å². The Morgan fingerprint density at radius 2 is 2.14 bits per heavy atom. The van der Waals surface area contributed by atoms with Gasteiger partial charge in [0.25, 0.3) is 0 Å². The third-order valence-electron chi connectivity index (χ3n) is 3.22. The second-order valence-corrected chi connectivity index (χ2v) is 7.45. The van der Waals surface area contributed by atoms with Crippen LogP contribution in [0.15, 0.2) is 12.1 Å². The fourth-order valence-electron chi connectivity index (χ4n) is 2.14. The lowest BCUT2D eigenvalue weighted by Gasteiger charge is -2.19. The number of amides is 1. The van der Waals surface area contributed by atoms with E-state index in [-0.39, 0.29) is 24.4 Å². The summed E-state index contributed by atoms with van der Waals surface area (Å²) in [5.74, 6) is -1.85. The second-order valence-electron chi connectivity index (χ2n) is 4.54. The third kappa shape index (κ3) is 2.97. The summed E-state index contributed by atoms with van der Waals surface area (Å²) in [6.45, 7) is -0.288. The molecule has 1 unspecified atom stereocenters. The molecule has 1 atom stereocenters. The van der Waals surface area contributed by atoms with Crippen LogP contribution in [0, 0.1) is 15.9 Å². The number of rotatable bonds is 4. The number of halogens is 2. The van der Waals surface area contributed by atoms with Gasteiger partial charge in [-0.2, -0.15) is 4.39 Å². The average molecular weight is 353 g/mol. The molecular formula is C11H10ClFN2O6S. The number of nitro groups is 1. The van der Waals surface area contributed by atoms with Crippen LogP contribution >= 0.6 is 10.7 Å². The Morgan fingerprint density at radius 1 is 1.50 bits per heavy atom. The molecule has 1 fully saturated rings. The summed E-state index contributed by atoms with van der Waals surface area (Å²) < 4.78 is 41.1. The Balaban J connectivity index is 2.50. The van der Waals surface area contributed by atoms with Gasteiger partial charge in [0, 0.05) is 35.8 Å². The minimum atomic E-state index is -3.97. The van der Waals surface area contributed by atoms with Crippen molar-refractivity contribution >= 4 is 37.0 Å². The molecule has 0 aromatic heterocycles. The van der Waals surface area contributed by atoms with E-state index in [1.54, 1.807) is 0 Å². The molecule has 1 aromatic rings. The van der Waals surface area contributed by atoms with E-state index in [0.29, 0.717) is 0 Å². The lowest BCUT2D eigenvalue weighted by Crippen LogP contribution is -2.27. The Bertz CT molecular complexity index is 753. The Morgan fingerprint density at radius 3 is 2.59 bits per heavy atom. The molecule has 8 nitrogen and oxygen atoms in total. The minimum absolute atomic E-state index is 0.0802. The van der Waals surface area contributed by atoms with Crippen LogP contribution in [0.4, 0.5) is 15.8 Å². The van der Waals surface area contributed by atoms with E-state index in [1.165, 1.54) is 7.11 Å². The van der Waals surface area contributed by atoms with E-state index in [1.807, 2.05) is 0 Å². The smallest absolute Gasteiger partial charge is 0.307 e. The quantitative estimate of drug-likeness (QED) is 0.460. The Kier molecular flexibility index (Phi) is 4.25. The number of carbonyl (C=O) groups is 1. The second kappa shape index (κ2) is 5.69. The van der Waals surface area contributed by atoms with Gasteiger partial charge in [-0.15, -0.1) is 0 Å². The molecule has 1 aromatic carbocycles. The molecule has 0 N–H and O–H groups in total. The summed E-state index contributed by atoms with van der Waals surface area (Å²) in [7, 11) is 2.46. The monoisotopic (exact) mass is 352 g/mol. The zero-order chi connectivity index (χ0) is 16.7. The highest BCUT2D eigenvalue weighted by atomic mass is 35.7. The standard InChI is InChI=1S/C11H10ClFN2O6S/c1-21-10-3-7(13)8(15(17)18)4-9(10)14-5-6(2-11(14)16)22(12,19)20/h3-4,6H,2,5H2,1H3. The fourth-order valence-corrected chi connectivity index (χ4v) is 3.17. The molecule has 0 saturated carbocycles. The van der Waals surface area contributed by atoms with Crippen molar-refractivity contribution < 1.29 is 27.3 Å². The summed E-state index contributed by atoms with van der Waals surface area (Å²) in [6, 6.07) is 1.60. The van der Waals surface area contributed by atoms with Crippen molar-refractivity contribution in [3.8, 4) is 5.75 Å². The van der Waals surface area contributed by atoms with Gasteiger partial charge >= 0.3 is 5.69 Å². The summed E-state index contributed by atoms with van der Waals surface area (Å²) in [6.07, 6.45) is -0.361. The van der Waals surface area contributed by atoms with Crippen molar-refractivity contribution in [3.05, 3.63) is 28.1 Å². The molecule has 1 saturated heterocycles. The summed E-state index contributed by atoms with van der Waals surface area (Å²) >= 11 is 0. The molecule has 0 spiro atoms. The molecule has 1 aliphatic rings. The lowest BCUT2D eigenvalue weighted by atomic mass is 10.2. The van der Waals surface area contributed by atoms with Crippen LogP contribution in [-0.2, 0) is 13.8 Å². The highest BCUT2D eigenvalue weighted by Crippen LogP contribution is 2.37. The van der Waals surface area contributed by atoms with Crippen LogP contribution < -0.4 is 9.64 Å². The number of carbonyl (C=O) groups excluding carboxylic acids is 1. The predicted octanol–water partition coefficient (Wildman–Crippen LogP) is 1.42. The van der Waals surface area contributed by atoms with E-state index < -0.39 is 36.6 Å². The van der Waals surface area contributed by atoms with Crippen molar-refractivity contribution in [2.45, 2.75) is 11.7 Å². The van der Waals surface area contributed by atoms with Gasteiger partial charge in [-0.3, -0.25) is 14.9 Å². The average Bonchev–Trinajstić information content (AvgIpc) is 2.80. The number of hydrogen-bond donors (Lipinski definition) is 0. The molecule has 1 heterocycles. The van der Waals surface area contributed by atoms with Gasteiger partial charge in [0.2, 0.25) is 20.8 Å². The number of anilines is 1. The molecule has 0 aliphatic carbocycles. The van der Waals surface area contributed by atoms with Gasteiger partial charge in [0.15, 0.2) is 0 Å². The summed E-state index contributed by atoms with van der Waals surface area (Å²) in [4.78, 5) is 22.8. The predicted molar refractivity (Wildman–Crippen MR) is 75.1 cm³/mol. The van der Waals surface area contributed by atoms with Crippen molar-refractivity contribution in [1.82, 2.24) is 0 Å². The molecular weight excluding hydrogens is 343 g/mol. The minimum Gasteiger partial charge on any atom is -0.494 e. The molecule has 0 radical (unpaired) electrons. The van der Waals surface area contributed by atoms with Crippen LogP contribution in [0.2, 0.25) is 0 Å². The van der Waals surface area contributed by atoms with E-state index in [2.05, 4.69) is 0 Å². The van der Waals surface area contributed by atoms with E-state index in [9.17, 15) is 27.7 Å². The molecule has 1 aliphatic heterocycles. The van der Waals surface area contributed by atoms with E-state index in [4.69, 9.17) is 15.4 Å². The van der Waals surface area contributed by atoms with Crippen molar-refractivity contribution in [2.75, 3.05) is 18.6 Å². The van der Waals surface area contributed by atoms with Crippen LogP contribution in [0.25, 0.3) is 0 Å². The Hall–Kier alpha value is -1.94. The molecule has 2 rings (SSSR count). The van der Waals surface area contributed by atoms with Gasteiger partial charge in [-0.1, -0.05) is 0 Å². The molecule has 11 heteroatoms. The van der Waals surface area contributed by atoms with Crippen LogP contribution in [0.1, 0.15) is 6.42 Å². The highest BCUT2D eigenvalue weighted by Gasteiger charge is 2.39. The maximum Gasteiger partial charge on any atom is 0.307 e. The molecule has 120 valence electrons. The number of nitro benzene ring substituents is 1. The van der Waals surface area contributed by atoms with E-state index >= 15 is 0 Å². The number of nitrogens with zero attached hydrogens (tertiary/aromatic N) is 2. The zero-order valence-corrected chi connectivity index (χ0v) is 12.7. The maximum absolute atomic E-state index is 13.6. The topological polar surface area (TPSA) is 107 Å². The summed E-state index contributed by atoms with van der Waals surface area (Å²) in [5, 5.41) is 9.65. The molecule has 22 heavy (non-hydrogen) atoms. The summed E-state index contributed by atoms with van der Waals surface area (Å²) in [5.41, 5.74) is -0.927. The van der Waals surface area contributed by atoms with Gasteiger partial charge in [0.1, 0.15) is 11.0 Å². The fraction of sp³-hybridized carbons (Fsp3) is 0.364. The number of hydrogen-bond acceptors (Lipinski definition) is 6. The van der Waals surface area contributed by atoms with Crippen molar-refractivity contribution in [1.29, 1.82) is 0 Å². The largest absolute Gasteiger partial charge is 0.494 e. The van der Waals surface area contributed by atoms with Crippen LogP contribution in [0.3, 0.4) is 0 Å². The third-order valence-corrected chi connectivity index (χ3v) is 5.09. The molecule has 1 amide bonds. The SMILES string of the molecule is COc1cc(F)c([N+](=O)[O-])cc1N1CC(S(=O)(=O)Cl)CC1=O. The van der Waals surface area contributed by atoms with Crippen LogP contribution in [0.5, 0.6) is 5.75 Å². The number of methoxy groups -OCH3 is 1. The Labute approximate surface area is 129 Å². The highest BCUT2D eigenvalue weighted by molar-refractivity contribution is 8.14. The number of benzene rings is 1. The van der Waals surface area contributed by atoms with Gasteiger partial charge in [-0.05, 0) is 0 Å². The first-order valence-corrected chi connectivity index (χ1v) is 8.28. The van der Waals surface area contributed by atoms with Gasteiger partial charge < -0.3 is 9.64 Å². The zero-order valence-electron chi connectivity index (χ0n) is 11.2. The number of ether oxygens (including phenoxy) is 1.